The molecule has 1 aromatic carbocycles. The first-order valence-electron chi connectivity index (χ1n) is 13.0. The highest BCUT2D eigenvalue weighted by molar-refractivity contribution is 6.30. The molecule has 1 aromatic heterocycles. The number of anilines is 1. The average molecular weight is 513 g/mol. The Kier molecular flexibility index (Phi) is 7.49. The van der Waals surface area contributed by atoms with E-state index in [0.717, 1.165) is 61.8 Å². The molecule has 0 spiro atoms. The highest BCUT2D eigenvalue weighted by atomic mass is 35.5. The summed E-state index contributed by atoms with van der Waals surface area (Å²) < 4.78 is 0. The summed E-state index contributed by atoms with van der Waals surface area (Å²) in [7, 11) is 4.26. The normalized spacial score (nSPS) is 25.4. The molecule has 0 radical (unpaired) electrons. The Morgan fingerprint density at radius 3 is 2.53 bits per heavy atom. The van der Waals surface area contributed by atoms with Gasteiger partial charge in [-0.25, -0.2) is 9.97 Å². The first-order valence-corrected chi connectivity index (χ1v) is 13.4. The Balaban J connectivity index is 1.29. The third-order valence-corrected chi connectivity index (χ3v) is 8.41. The molecule has 8 nitrogen and oxygen atoms in total. The van der Waals surface area contributed by atoms with Gasteiger partial charge in [-0.1, -0.05) is 30.7 Å². The SMILES string of the molecule is C[C@@H]1C[C@@H](O)c2ncnc(N3CCN(C(=O)C(CN4CCC(N(C)C)C4)c4ccc(Cl)cc4)CC3)c21. The quantitative estimate of drug-likeness (QED) is 0.637. The van der Waals surface area contributed by atoms with Gasteiger partial charge >= 0.3 is 0 Å². The fourth-order valence-electron chi connectivity index (χ4n) is 5.99. The fraction of sp³-hybridized carbons (Fsp3) is 0.593. The van der Waals surface area contributed by atoms with Crippen LogP contribution in [0.5, 0.6) is 0 Å². The highest BCUT2D eigenvalue weighted by Crippen LogP contribution is 2.42. The molecule has 194 valence electrons. The number of piperazine rings is 1. The van der Waals surface area contributed by atoms with Crippen molar-refractivity contribution in [3.05, 3.63) is 52.4 Å². The lowest BCUT2D eigenvalue weighted by molar-refractivity contribution is -0.133. The Labute approximate surface area is 218 Å². The lowest BCUT2D eigenvalue weighted by atomic mass is 9.96. The molecule has 2 saturated heterocycles. The molecule has 9 heteroatoms. The van der Waals surface area contributed by atoms with Crippen molar-refractivity contribution in [3.63, 3.8) is 0 Å². The first kappa shape index (κ1) is 25.4. The van der Waals surface area contributed by atoms with Crippen molar-refractivity contribution in [2.24, 2.45) is 0 Å². The molecule has 1 aliphatic carbocycles. The maximum absolute atomic E-state index is 13.9. The van der Waals surface area contributed by atoms with Crippen molar-refractivity contribution in [1.82, 2.24) is 24.7 Å². The van der Waals surface area contributed by atoms with E-state index in [1.165, 1.54) is 0 Å². The Bertz CT molecular complexity index is 1070. The van der Waals surface area contributed by atoms with Crippen LogP contribution in [0.1, 0.15) is 54.5 Å². The number of aliphatic hydroxyl groups excluding tert-OH is 1. The van der Waals surface area contributed by atoms with Crippen LogP contribution >= 0.6 is 11.6 Å². The maximum Gasteiger partial charge on any atom is 0.231 e. The van der Waals surface area contributed by atoms with Crippen molar-refractivity contribution in [3.8, 4) is 0 Å². The molecule has 1 N–H and O–H groups in total. The topological polar surface area (TPSA) is 76.0 Å². The number of benzene rings is 1. The molecule has 0 bridgehead atoms. The summed E-state index contributed by atoms with van der Waals surface area (Å²) in [6.07, 6.45) is 2.86. The number of carbonyl (C=O) groups excluding carboxylic acids is 1. The van der Waals surface area contributed by atoms with Crippen LogP contribution in [0, 0.1) is 0 Å². The van der Waals surface area contributed by atoms with Gasteiger partial charge in [-0.15, -0.1) is 0 Å². The number of hydrogen-bond donors (Lipinski definition) is 1. The lowest BCUT2D eigenvalue weighted by Crippen LogP contribution is -2.51. The van der Waals surface area contributed by atoms with Crippen LogP contribution in [0.3, 0.4) is 0 Å². The molecule has 2 aliphatic heterocycles. The van der Waals surface area contributed by atoms with Gasteiger partial charge in [0, 0.05) is 55.9 Å². The number of amides is 1. The van der Waals surface area contributed by atoms with Gasteiger partial charge in [0.15, 0.2) is 0 Å². The van der Waals surface area contributed by atoms with Crippen LogP contribution in [-0.2, 0) is 4.79 Å². The summed E-state index contributed by atoms with van der Waals surface area (Å²) >= 11 is 6.16. The molecule has 36 heavy (non-hydrogen) atoms. The van der Waals surface area contributed by atoms with Crippen molar-refractivity contribution < 1.29 is 9.90 Å². The van der Waals surface area contributed by atoms with Gasteiger partial charge in [0.2, 0.25) is 5.91 Å². The van der Waals surface area contributed by atoms with Crippen LogP contribution in [0.2, 0.25) is 5.02 Å². The summed E-state index contributed by atoms with van der Waals surface area (Å²) in [5, 5.41) is 11.0. The van der Waals surface area contributed by atoms with Gasteiger partial charge in [0.1, 0.15) is 12.1 Å². The molecular weight excluding hydrogens is 476 g/mol. The monoisotopic (exact) mass is 512 g/mol. The predicted octanol–water partition coefficient (Wildman–Crippen LogP) is 2.74. The number of rotatable bonds is 6. The van der Waals surface area contributed by atoms with E-state index in [1.54, 1.807) is 6.33 Å². The zero-order chi connectivity index (χ0) is 25.4. The number of carbonyl (C=O) groups is 1. The number of aliphatic hydroxyl groups is 1. The third-order valence-electron chi connectivity index (χ3n) is 8.16. The van der Waals surface area contributed by atoms with E-state index in [1.807, 2.05) is 29.2 Å². The highest BCUT2D eigenvalue weighted by Gasteiger charge is 2.36. The Hall–Kier alpha value is -2.26. The lowest BCUT2D eigenvalue weighted by Gasteiger charge is -2.38. The van der Waals surface area contributed by atoms with E-state index in [0.29, 0.717) is 30.6 Å². The zero-order valence-electron chi connectivity index (χ0n) is 21.5. The summed E-state index contributed by atoms with van der Waals surface area (Å²) in [5.74, 6) is 1.11. The number of aromatic nitrogens is 2. The third kappa shape index (κ3) is 5.09. The van der Waals surface area contributed by atoms with Crippen molar-refractivity contribution in [1.29, 1.82) is 0 Å². The van der Waals surface area contributed by atoms with Gasteiger partial charge in [-0.2, -0.15) is 0 Å². The predicted molar refractivity (Wildman–Crippen MR) is 142 cm³/mol. The molecular formula is C27H37ClN6O2. The Morgan fingerprint density at radius 1 is 1.14 bits per heavy atom. The minimum Gasteiger partial charge on any atom is -0.387 e. The molecule has 1 amide bonds. The summed E-state index contributed by atoms with van der Waals surface area (Å²) in [6, 6.07) is 8.29. The van der Waals surface area contributed by atoms with Crippen molar-refractivity contribution in [2.75, 3.05) is 64.8 Å². The second kappa shape index (κ2) is 10.6. The fourth-order valence-corrected chi connectivity index (χ4v) is 6.12. The molecule has 2 fully saturated rings. The van der Waals surface area contributed by atoms with Crippen LogP contribution < -0.4 is 4.90 Å². The number of nitrogens with zero attached hydrogens (tertiary/aromatic N) is 6. The number of hydrogen-bond acceptors (Lipinski definition) is 7. The van der Waals surface area contributed by atoms with Crippen LogP contribution in [0.25, 0.3) is 0 Å². The van der Waals surface area contributed by atoms with E-state index >= 15 is 0 Å². The number of halogens is 1. The summed E-state index contributed by atoms with van der Waals surface area (Å²) in [6.45, 7) is 7.59. The second-order valence-electron chi connectivity index (χ2n) is 10.7. The van der Waals surface area contributed by atoms with E-state index in [4.69, 9.17) is 11.6 Å². The van der Waals surface area contributed by atoms with Gasteiger partial charge in [0.05, 0.1) is 17.7 Å². The molecule has 0 saturated carbocycles. The minimum atomic E-state index is -0.516. The van der Waals surface area contributed by atoms with Crippen LogP contribution in [-0.4, -0.2) is 102 Å². The second-order valence-corrected chi connectivity index (χ2v) is 11.2. The molecule has 3 aliphatic rings. The van der Waals surface area contributed by atoms with Gasteiger partial charge in [-0.05, 0) is 57.1 Å². The van der Waals surface area contributed by atoms with Crippen LogP contribution in [0.15, 0.2) is 30.6 Å². The zero-order valence-corrected chi connectivity index (χ0v) is 22.2. The van der Waals surface area contributed by atoms with E-state index < -0.39 is 6.10 Å². The molecule has 4 atom stereocenters. The smallest absolute Gasteiger partial charge is 0.231 e. The van der Waals surface area contributed by atoms with Gasteiger partial charge < -0.3 is 24.7 Å². The van der Waals surface area contributed by atoms with Gasteiger partial charge in [0.25, 0.3) is 0 Å². The van der Waals surface area contributed by atoms with E-state index in [-0.39, 0.29) is 17.7 Å². The molecule has 2 unspecified atom stereocenters. The first-order chi connectivity index (χ1) is 17.3. The average Bonchev–Trinajstić information content (AvgIpc) is 3.47. The van der Waals surface area contributed by atoms with Crippen molar-refractivity contribution >= 4 is 23.3 Å². The van der Waals surface area contributed by atoms with Gasteiger partial charge in [-0.3, -0.25) is 4.79 Å². The number of likely N-dealkylation sites (N-methyl/N-ethyl adjacent to an activating group) is 1. The minimum absolute atomic E-state index is 0.182. The summed E-state index contributed by atoms with van der Waals surface area (Å²) in [5.41, 5.74) is 2.85. The van der Waals surface area contributed by atoms with Crippen LogP contribution in [0.4, 0.5) is 5.82 Å². The maximum atomic E-state index is 13.9. The van der Waals surface area contributed by atoms with E-state index in [9.17, 15) is 9.90 Å². The standard InChI is InChI=1S/C27H37ClN6O2/c1-18-14-23(35)25-24(18)26(30-17-29-25)33-10-12-34(13-11-33)27(36)22(19-4-6-20(28)7-5-19)16-32-9-8-21(15-32)31(2)3/h4-7,17-18,21-23,35H,8-16H2,1-3H3/t18-,21?,22?,23-/m1/s1. The molecule has 3 heterocycles. The number of fused-ring (bicyclic) bond motifs is 1. The number of likely N-dealkylation sites (tertiary alicyclic amines) is 1. The summed E-state index contributed by atoms with van der Waals surface area (Å²) in [4.78, 5) is 31.8. The molecule has 2 aromatic rings. The molecule has 5 rings (SSSR count). The van der Waals surface area contributed by atoms with Crippen molar-refractivity contribution in [2.45, 2.75) is 43.7 Å². The van der Waals surface area contributed by atoms with E-state index in [2.05, 4.69) is 45.7 Å². The largest absolute Gasteiger partial charge is 0.387 e. The Morgan fingerprint density at radius 2 is 1.86 bits per heavy atom.